The number of benzene rings is 2. The Labute approximate surface area is 118 Å². The van der Waals surface area contributed by atoms with Crippen molar-refractivity contribution in [1.29, 1.82) is 0 Å². The van der Waals surface area contributed by atoms with Crippen molar-refractivity contribution in [2.45, 2.75) is 6.54 Å². The van der Waals surface area contributed by atoms with E-state index in [9.17, 15) is 0 Å². The van der Waals surface area contributed by atoms with Crippen LogP contribution in [-0.4, -0.2) is 24.3 Å². The third-order valence-electron chi connectivity index (χ3n) is 3.39. The number of fused-ring (bicyclic) bond motifs is 1. The Morgan fingerprint density at radius 1 is 1.10 bits per heavy atom. The van der Waals surface area contributed by atoms with Crippen molar-refractivity contribution in [3.63, 3.8) is 0 Å². The second kappa shape index (κ2) is 5.25. The molecule has 4 nitrogen and oxygen atoms in total. The van der Waals surface area contributed by atoms with Gasteiger partial charge < -0.3 is 10.2 Å². The number of anilines is 2. The average Bonchev–Trinajstić information content (AvgIpc) is 2.93. The Balaban J connectivity index is 1.69. The lowest BCUT2D eigenvalue weighted by Gasteiger charge is -2.13. The fourth-order valence-corrected chi connectivity index (χ4v) is 2.16. The summed E-state index contributed by atoms with van der Waals surface area (Å²) in [5.74, 6) is 0. The SMILES string of the molecule is CN(C)c1ccc(CNc2ccc3cn[nH]c3c2)cc1. The summed E-state index contributed by atoms with van der Waals surface area (Å²) >= 11 is 0. The number of H-pyrrole nitrogens is 1. The van der Waals surface area contributed by atoms with Crippen LogP contribution >= 0.6 is 0 Å². The first-order valence-corrected chi connectivity index (χ1v) is 6.66. The second-order valence-corrected chi connectivity index (χ2v) is 5.09. The Hall–Kier alpha value is -2.49. The molecule has 0 aliphatic heterocycles. The largest absolute Gasteiger partial charge is 0.381 e. The highest BCUT2D eigenvalue weighted by molar-refractivity contribution is 5.81. The van der Waals surface area contributed by atoms with Gasteiger partial charge in [0.05, 0.1) is 11.7 Å². The van der Waals surface area contributed by atoms with Gasteiger partial charge in [0.25, 0.3) is 0 Å². The minimum atomic E-state index is 0.813. The average molecular weight is 266 g/mol. The zero-order valence-corrected chi connectivity index (χ0v) is 11.7. The van der Waals surface area contributed by atoms with Crippen LogP contribution in [0.5, 0.6) is 0 Å². The quantitative estimate of drug-likeness (QED) is 0.762. The molecule has 2 aromatic carbocycles. The van der Waals surface area contributed by atoms with Crippen LogP contribution in [0.2, 0.25) is 0 Å². The Morgan fingerprint density at radius 3 is 2.65 bits per heavy atom. The summed E-state index contributed by atoms with van der Waals surface area (Å²) in [5.41, 5.74) is 4.63. The molecule has 0 radical (unpaired) electrons. The van der Waals surface area contributed by atoms with E-state index in [0.29, 0.717) is 0 Å². The van der Waals surface area contributed by atoms with Crippen LogP contribution < -0.4 is 10.2 Å². The number of rotatable bonds is 4. The number of nitrogens with one attached hydrogen (secondary N) is 2. The molecule has 3 rings (SSSR count). The van der Waals surface area contributed by atoms with Gasteiger partial charge in [0.1, 0.15) is 0 Å². The number of nitrogens with zero attached hydrogens (tertiary/aromatic N) is 2. The van der Waals surface area contributed by atoms with Gasteiger partial charge in [-0.3, -0.25) is 5.10 Å². The number of aromatic amines is 1. The highest BCUT2D eigenvalue weighted by Gasteiger charge is 1.99. The fourth-order valence-electron chi connectivity index (χ4n) is 2.16. The molecule has 0 spiro atoms. The van der Waals surface area contributed by atoms with E-state index in [1.807, 2.05) is 20.3 Å². The van der Waals surface area contributed by atoms with Crippen LogP contribution in [0, 0.1) is 0 Å². The summed E-state index contributed by atoms with van der Waals surface area (Å²) in [4.78, 5) is 2.10. The third-order valence-corrected chi connectivity index (χ3v) is 3.39. The Morgan fingerprint density at radius 2 is 1.90 bits per heavy atom. The van der Waals surface area contributed by atoms with Crippen molar-refractivity contribution >= 4 is 22.3 Å². The molecule has 0 saturated carbocycles. The minimum absolute atomic E-state index is 0.813. The lowest BCUT2D eigenvalue weighted by atomic mass is 10.2. The molecule has 2 N–H and O–H groups in total. The lowest BCUT2D eigenvalue weighted by molar-refractivity contribution is 1.11. The first kappa shape index (κ1) is 12.5. The molecule has 0 aliphatic carbocycles. The van der Waals surface area contributed by atoms with E-state index in [1.54, 1.807) is 0 Å². The summed E-state index contributed by atoms with van der Waals surface area (Å²) < 4.78 is 0. The highest BCUT2D eigenvalue weighted by atomic mass is 15.1. The van der Waals surface area contributed by atoms with Gasteiger partial charge in [-0.05, 0) is 35.9 Å². The molecule has 0 saturated heterocycles. The molecule has 0 atom stereocenters. The van der Waals surface area contributed by atoms with E-state index >= 15 is 0 Å². The van der Waals surface area contributed by atoms with E-state index in [-0.39, 0.29) is 0 Å². The van der Waals surface area contributed by atoms with Crippen molar-refractivity contribution in [3.8, 4) is 0 Å². The van der Waals surface area contributed by atoms with E-state index in [2.05, 4.69) is 62.9 Å². The predicted molar refractivity (Wildman–Crippen MR) is 84.2 cm³/mol. The van der Waals surface area contributed by atoms with E-state index in [4.69, 9.17) is 0 Å². The van der Waals surface area contributed by atoms with E-state index in [1.165, 1.54) is 11.3 Å². The van der Waals surface area contributed by atoms with Crippen LogP contribution in [0.25, 0.3) is 10.9 Å². The van der Waals surface area contributed by atoms with Crippen molar-refractivity contribution in [1.82, 2.24) is 10.2 Å². The van der Waals surface area contributed by atoms with Gasteiger partial charge in [0.2, 0.25) is 0 Å². The lowest BCUT2D eigenvalue weighted by Crippen LogP contribution is -2.08. The van der Waals surface area contributed by atoms with Crippen LogP contribution in [0.1, 0.15) is 5.56 Å². The van der Waals surface area contributed by atoms with Gasteiger partial charge in [-0.2, -0.15) is 5.10 Å². The van der Waals surface area contributed by atoms with Gasteiger partial charge in [-0.15, -0.1) is 0 Å². The summed E-state index contributed by atoms with van der Waals surface area (Å²) in [6, 6.07) is 14.8. The molecule has 20 heavy (non-hydrogen) atoms. The maximum Gasteiger partial charge on any atom is 0.0670 e. The van der Waals surface area contributed by atoms with Crippen molar-refractivity contribution < 1.29 is 0 Å². The third kappa shape index (κ3) is 2.59. The van der Waals surface area contributed by atoms with Crippen LogP contribution in [0.4, 0.5) is 11.4 Å². The molecule has 0 aliphatic rings. The fraction of sp³-hybridized carbons (Fsp3) is 0.188. The molecule has 4 heteroatoms. The number of aromatic nitrogens is 2. The topological polar surface area (TPSA) is 44.0 Å². The Bertz CT molecular complexity index is 698. The van der Waals surface area contributed by atoms with Gasteiger partial charge in [0.15, 0.2) is 0 Å². The molecule has 0 unspecified atom stereocenters. The monoisotopic (exact) mass is 266 g/mol. The van der Waals surface area contributed by atoms with E-state index in [0.717, 1.165) is 23.1 Å². The first-order valence-electron chi connectivity index (χ1n) is 6.66. The smallest absolute Gasteiger partial charge is 0.0670 e. The summed E-state index contributed by atoms with van der Waals surface area (Å²) in [7, 11) is 4.10. The Kier molecular flexibility index (Phi) is 3.29. The van der Waals surface area contributed by atoms with Gasteiger partial charge in [-0.25, -0.2) is 0 Å². The van der Waals surface area contributed by atoms with E-state index < -0.39 is 0 Å². The first-order chi connectivity index (χ1) is 9.72. The molecule has 0 amide bonds. The van der Waals surface area contributed by atoms with Gasteiger partial charge in [-0.1, -0.05) is 12.1 Å². The van der Waals surface area contributed by atoms with Crippen molar-refractivity contribution in [2.24, 2.45) is 0 Å². The van der Waals surface area contributed by atoms with Gasteiger partial charge >= 0.3 is 0 Å². The summed E-state index contributed by atoms with van der Waals surface area (Å²) in [6.07, 6.45) is 1.83. The highest BCUT2D eigenvalue weighted by Crippen LogP contribution is 2.18. The minimum Gasteiger partial charge on any atom is -0.381 e. The maximum absolute atomic E-state index is 4.03. The molecular formula is C16H18N4. The molecule has 1 heterocycles. The molecule has 102 valence electrons. The van der Waals surface area contributed by atoms with Crippen LogP contribution in [-0.2, 0) is 6.54 Å². The zero-order chi connectivity index (χ0) is 13.9. The predicted octanol–water partition coefficient (Wildman–Crippen LogP) is 3.24. The standard InChI is InChI=1S/C16H18N4/c1-20(2)15-7-3-12(4-8-15)10-17-14-6-5-13-11-18-19-16(13)9-14/h3-9,11,17H,10H2,1-2H3,(H,18,19). The number of hydrogen-bond donors (Lipinski definition) is 2. The molecular weight excluding hydrogens is 248 g/mol. The molecule has 0 fully saturated rings. The maximum atomic E-state index is 4.03. The number of hydrogen-bond acceptors (Lipinski definition) is 3. The molecule has 3 aromatic rings. The second-order valence-electron chi connectivity index (χ2n) is 5.09. The molecule has 1 aromatic heterocycles. The molecule has 0 bridgehead atoms. The van der Waals surface area contributed by atoms with Crippen molar-refractivity contribution in [3.05, 3.63) is 54.2 Å². The zero-order valence-electron chi connectivity index (χ0n) is 11.7. The van der Waals surface area contributed by atoms with Gasteiger partial charge in [0, 0.05) is 37.4 Å². The summed E-state index contributed by atoms with van der Waals surface area (Å²) in [5, 5.41) is 11.6. The van der Waals surface area contributed by atoms with Crippen LogP contribution in [0.15, 0.2) is 48.7 Å². The van der Waals surface area contributed by atoms with Crippen molar-refractivity contribution in [2.75, 3.05) is 24.3 Å². The normalized spacial score (nSPS) is 10.7. The van der Waals surface area contributed by atoms with Crippen LogP contribution in [0.3, 0.4) is 0 Å². The summed E-state index contributed by atoms with van der Waals surface area (Å²) in [6.45, 7) is 0.813.